The lowest BCUT2D eigenvalue weighted by atomic mass is 9.86. The van der Waals surface area contributed by atoms with Gasteiger partial charge in [-0.15, -0.1) is 6.42 Å². The number of terminal acetylenes is 1. The number of hydrogen-bond donors (Lipinski definition) is 0. The van der Waals surface area contributed by atoms with E-state index in [1.54, 1.807) is 13.3 Å². The van der Waals surface area contributed by atoms with Gasteiger partial charge in [-0.05, 0) is 58.6 Å². The SMILES string of the molecule is C#CC1=C(N2CCC(C)(OC)CC2)c2cc(C(C)OC(=O)C(C)(C)CC)ncc2CC1=O. The van der Waals surface area contributed by atoms with Crippen molar-refractivity contribution in [2.75, 3.05) is 20.2 Å². The van der Waals surface area contributed by atoms with Crippen LogP contribution in [-0.4, -0.2) is 47.4 Å². The van der Waals surface area contributed by atoms with Crippen molar-refractivity contribution in [3.05, 3.63) is 34.7 Å². The van der Waals surface area contributed by atoms with Gasteiger partial charge >= 0.3 is 5.97 Å². The molecule has 0 radical (unpaired) electrons. The fraction of sp³-hybridized carbons (Fsp3) is 0.577. The molecule has 0 aromatic carbocycles. The van der Waals surface area contributed by atoms with E-state index in [1.165, 1.54) is 0 Å². The smallest absolute Gasteiger partial charge is 0.312 e. The van der Waals surface area contributed by atoms with Crippen LogP contribution in [0.5, 0.6) is 0 Å². The molecule has 3 rings (SSSR count). The van der Waals surface area contributed by atoms with Crippen LogP contribution >= 0.6 is 0 Å². The lowest BCUT2D eigenvalue weighted by Crippen LogP contribution is -2.43. The molecule has 6 heteroatoms. The average molecular weight is 439 g/mol. The lowest BCUT2D eigenvalue weighted by Gasteiger charge is -2.41. The van der Waals surface area contributed by atoms with Crippen molar-refractivity contribution < 1.29 is 19.1 Å². The molecule has 2 heterocycles. The first-order valence-corrected chi connectivity index (χ1v) is 11.3. The highest BCUT2D eigenvalue weighted by molar-refractivity contribution is 6.10. The molecule has 32 heavy (non-hydrogen) atoms. The molecule has 1 aliphatic carbocycles. The van der Waals surface area contributed by atoms with Gasteiger partial charge in [0.05, 0.1) is 28.0 Å². The van der Waals surface area contributed by atoms with Crippen LogP contribution in [0.25, 0.3) is 5.70 Å². The number of carbonyl (C=O) groups excluding carboxylic acids is 2. The Kier molecular flexibility index (Phi) is 6.80. The fourth-order valence-corrected chi connectivity index (χ4v) is 4.02. The molecule has 0 bridgehead atoms. The molecule has 1 aromatic heterocycles. The van der Waals surface area contributed by atoms with E-state index in [9.17, 15) is 9.59 Å². The van der Waals surface area contributed by atoms with E-state index in [0.29, 0.717) is 17.7 Å². The molecule has 6 nitrogen and oxygen atoms in total. The molecular formula is C26H34N2O4. The number of methoxy groups -OCH3 is 1. The fourth-order valence-electron chi connectivity index (χ4n) is 4.02. The van der Waals surface area contributed by atoms with Crippen LogP contribution in [0.1, 0.15) is 76.8 Å². The number of ether oxygens (including phenoxy) is 2. The Labute approximate surface area is 191 Å². The number of esters is 1. The second-order valence-electron chi connectivity index (χ2n) is 9.66. The topological polar surface area (TPSA) is 68.7 Å². The second kappa shape index (κ2) is 9.07. The summed E-state index contributed by atoms with van der Waals surface area (Å²) in [4.78, 5) is 32.0. The van der Waals surface area contributed by atoms with E-state index >= 15 is 0 Å². The number of fused-ring (bicyclic) bond motifs is 1. The lowest BCUT2D eigenvalue weighted by molar-refractivity contribution is -0.159. The summed E-state index contributed by atoms with van der Waals surface area (Å²) in [6.45, 7) is 11.1. The first-order chi connectivity index (χ1) is 15.0. The molecule has 1 saturated heterocycles. The number of pyridine rings is 1. The number of ketones is 1. The number of aromatic nitrogens is 1. The Morgan fingerprint density at radius 1 is 1.38 bits per heavy atom. The van der Waals surface area contributed by atoms with Crippen LogP contribution in [0.3, 0.4) is 0 Å². The van der Waals surface area contributed by atoms with Crippen LogP contribution in [0.4, 0.5) is 0 Å². The number of allylic oxidation sites excluding steroid dienone is 1. The van der Waals surface area contributed by atoms with E-state index in [0.717, 1.165) is 42.8 Å². The minimum atomic E-state index is -0.557. The van der Waals surface area contributed by atoms with Gasteiger partial charge in [0, 0.05) is 38.4 Å². The monoisotopic (exact) mass is 438 g/mol. The predicted octanol–water partition coefficient (Wildman–Crippen LogP) is 4.09. The van der Waals surface area contributed by atoms with Gasteiger partial charge < -0.3 is 14.4 Å². The summed E-state index contributed by atoms with van der Waals surface area (Å²) in [6, 6.07) is 1.93. The van der Waals surface area contributed by atoms with Crippen molar-refractivity contribution in [2.45, 2.75) is 72.0 Å². The van der Waals surface area contributed by atoms with Gasteiger partial charge in [0.1, 0.15) is 6.10 Å². The van der Waals surface area contributed by atoms with Gasteiger partial charge in [-0.1, -0.05) is 12.8 Å². The Morgan fingerprint density at radius 3 is 2.59 bits per heavy atom. The summed E-state index contributed by atoms with van der Waals surface area (Å²) in [5, 5.41) is 0. The highest BCUT2D eigenvalue weighted by Crippen LogP contribution is 2.37. The molecule has 0 amide bonds. The largest absolute Gasteiger partial charge is 0.456 e. The van der Waals surface area contributed by atoms with Gasteiger partial charge in [-0.3, -0.25) is 14.6 Å². The first-order valence-electron chi connectivity index (χ1n) is 11.3. The number of carbonyl (C=O) groups is 2. The van der Waals surface area contributed by atoms with Gasteiger partial charge in [0.2, 0.25) is 0 Å². The summed E-state index contributed by atoms with van der Waals surface area (Å²) in [5.74, 6) is 2.32. The van der Waals surface area contributed by atoms with Crippen LogP contribution in [0, 0.1) is 17.8 Å². The Hall–Kier alpha value is -2.65. The van der Waals surface area contributed by atoms with Crippen LogP contribution in [0.15, 0.2) is 17.8 Å². The molecular weight excluding hydrogens is 404 g/mol. The number of Topliss-reactive ketones (excluding diaryl/α,β-unsaturated/α-hetero) is 1. The van der Waals surface area contributed by atoms with Crippen LogP contribution in [-0.2, 0) is 25.5 Å². The normalized spacial score (nSPS) is 19.3. The van der Waals surface area contributed by atoms with Crippen LogP contribution < -0.4 is 0 Å². The summed E-state index contributed by atoms with van der Waals surface area (Å²) in [7, 11) is 1.74. The molecule has 172 valence electrons. The maximum Gasteiger partial charge on any atom is 0.312 e. The van der Waals surface area contributed by atoms with Crippen molar-refractivity contribution in [1.29, 1.82) is 0 Å². The molecule has 0 N–H and O–H groups in total. The highest BCUT2D eigenvalue weighted by atomic mass is 16.5. The van der Waals surface area contributed by atoms with Crippen molar-refractivity contribution in [1.82, 2.24) is 9.88 Å². The molecule has 2 aliphatic rings. The van der Waals surface area contributed by atoms with Crippen molar-refractivity contribution in [3.8, 4) is 12.3 Å². The zero-order valence-electron chi connectivity index (χ0n) is 20.1. The summed E-state index contributed by atoms with van der Waals surface area (Å²) >= 11 is 0. The number of rotatable bonds is 6. The molecule has 1 unspecified atom stereocenters. The van der Waals surface area contributed by atoms with Crippen molar-refractivity contribution in [2.24, 2.45) is 5.41 Å². The van der Waals surface area contributed by atoms with E-state index in [-0.39, 0.29) is 23.8 Å². The maximum absolute atomic E-state index is 12.8. The maximum atomic E-state index is 12.8. The van der Waals surface area contributed by atoms with Gasteiger partial charge in [0.25, 0.3) is 0 Å². The third-order valence-corrected chi connectivity index (χ3v) is 7.04. The van der Waals surface area contributed by atoms with Crippen molar-refractivity contribution in [3.63, 3.8) is 0 Å². The predicted molar refractivity (Wildman–Crippen MR) is 124 cm³/mol. The van der Waals surface area contributed by atoms with E-state index in [2.05, 4.69) is 22.7 Å². The summed E-state index contributed by atoms with van der Waals surface area (Å²) in [5.41, 5.74) is 2.86. The standard InChI is InChI=1S/C26H34N2O4/c1-8-19-22(29)14-18-16-27-21(17(3)32-24(30)25(4,5)9-2)15-20(18)23(19)28-12-10-26(6,31-7)11-13-28/h1,15-17H,9-14H2,2-7H3. The van der Waals surface area contributed by atoms with Crippen LogP contribution in [0.2, 0.25) is 0 Å². The number of likely N-dealkylation sites (tertiary alicyclic amines) is 1. The average Bonchev–Trinajstić information content (AvgIpc) is 2.78. The van der Waals surface area contributed by atoms with E-state index in [1.807, 2.05) is 33.8 Å². The molecule has 1 aliphatic heterocycles. The zero-order chi connectivity index (χ0) is 23.7. The first kappa shape index (κ1) is 24.0. The summed E-state index contributed by atoms with van der Waals surface area (Å²) < 4.78 is 11.4. The third-order valence-electron chi connectivity index (χ3n) is 7.04. The van der Waals surface area contributed by atoms with Gasteiger partial charge in [0.15, 0.2) is 5.78 Å². The second-order valence-corrected chi connectivity index (χ2v) is 9.66. The molecule has 0 spiro atoms. The Balaban J connectivity index is 1.95. The molecule has 1 aromatic rings. The molecule has 0 saturated carbocycles. The van der Waals surface area contributed by atoms with E-state index in [4.69, 9.17) is 15.9 Å². The quantitative estimate of drug-likeness (QED) is 0.492. The van der Waals surface area contributed by atoms with Crippen molar-refractivity contribution >= 4 is 17.4 Å². The minimum absolute atomic E-state index is 0.0613. The zero-order valence-corrected chi connectivity index (χ0v) is 20.1. The Morgan fingerprint density at radius 2 is 2.03 bits per heavy atom. The molecule has 1 atom stereocenters. The Bertz CT molecular complexity index is 978. The highest BCUT2D eigenvalue weighted by Gasteiger charge is 2.35. The summed E-state index contributed by atoms with van der Waals surface area (Å²) in [6.07, 6.45) is 9.59. The third kappa shape index (κ3) is 4.59. The van der Waals surface area contributed by atoms with E-state index < -0.39 is 11.5 Å². The number of piperidine rings is 1. The number of nitrogens with zero attached hydrogens (tertiary/aromatic N) is 2. The molecule has 1 fully saturated rings. The number of hydrogen-bond acceptors (Lipinski definition) is 6. The van der Waals surface area contributed by atoms with Gasteiger partial charge in [-0.2, -0.15) is 0 Å². The minimum Gasteiger partial charge on any atom is -0.456 e. The van der Waals surface area contributed by atoms with Gasteiger partial charge in [-0.25, -0.2) is 0 Å².